The van der Waals surface area contributed by atoms with E-state index in [9.17, 15) is 4.79 Å². The number of benzene rings is 2. The molecule has 0 aliphatic carbocycles. The lowest BCUT2D eigenvalue weighted by atomic mass is 10.1. The highest BCUT2D eigenvalue weighted by Crippen LogP contribution is 2.30. The molecule has 1 aliphatic heterocycles. The summed E-state index contributed by atoms with van der Waals surface area (Å²) in [4.78, 5) is 15.1. The smallest absolute Gasteiger partial charge is 0.237 e. The van der Waals surface area contributed by atoms with Crippen LogP contribution in [0.15, 0.2) is 47.6 Å². The Morgan fingerprint density at radius 3 is 2.44 bits per heavy atom. The number of carbonyl (C=O) groups is 1. The Morgan fingerprint density at radius 1 is 1.03 bits per heavy atom. The van der Waals surface area contributed by atoms with E-state index in [-0.39, 0.29) is 11.2 Å². The fourth-order valence-electron chi connectivity index (χ4n) is 3.54. The molecule has 2 aromatic carbocycles. The van der Waals surface area contributed by atoms with Crippen molar-refractivity contribution >= 4 is 29.3 Å². The van der Waals surface area contributed by atoms with Crippen LogP contribution in [-0.4, -0.2) is 52.2 Å². The van der Waals surface area contributed by atoms with E-state index < -0.39 is 0 Å². The van der Waals surface area contributed by atoms with Crippen molar-refractivity contribution in [1.82, 2.24) is 14.8 Å². The van der Waals surface area contributed by atoms with Crippen LogP contribution in [0.1, 0.15) is 23.6 Å². The number of nitrogens with one attached hydrogen (secondary N) is 1. The molecule has 4 rings (SSSR count). The monoisotopic (exact) mass is 451 g/mol. The summed E-state index contributed by atoms with van der Waals surface area (Å²) in [6.07, 6.45) is 0. The van der Waals surface area contributed by atoms with Gasteiger partial charge < -0.3 is 15.0 Å². The zero-order chi connectivity index (χ0) is 22.7. The molecule has 1 N–H and O–H groups in total. The molecular formula is C24H29N5O2S. The van der Waals surface area contributed by atoms with E-state index in [0.29, 0.717) is 18.4 Å². The molecule has 8 heteroatoms. The lowest BCUT2D eigenvalue weighted by molar-refractivity contribution is -0.115. The van der Waals surface area contributed by atoms with Crippen molar-refractivity contribution in [2.75, 3.05) is 36.5 Å². The van der Waals surface area contributed by atoms with Crippen molar-refractivity contribution in [3.05, 3.63) is 59.2 Å². The molecule has 1 amide bonds. The van der Waals surface area contributed by atoms with E-state index >= 15 is 0 Å². The van der Waals surface area contributed by atoms with Crippen LogP contribution in [0.4, 0.5) is 11.6 Å². The van der Waals surface area contributed by atoms with Gasteiger partial charge in [0.25, 0.3) is 0 Å². The number of hydrogen-bond acceptors (Lipinski definition) is 6. The van der Waals surface area contributed by atoms with Crippen LogP contribution >= 0.6 is 11.8 Å². The molecule has 0 spiro atoms. The van der Waals surface area contributed by atoms with Crippen molar-refractivity contribution in [2.45, 2.75) is 38.1 Å². The van der Waals surface area contributed by atoms with E-state index in [2.05, 4.69) is 51.6 Å². The Hall–Kier alpha value is -2.84. The molecule has 2 heterocycles. The van der Waals surface area contributed by atoms with Crippen molar-refractivity contribution in [2.24, 2.45) is 0 Å². The van der Waals surface area contributed by atoms with Crippen molar-refractivity contribution < 1.29 is 9.53 Å². The topological polar surface area (TPSA) is 72.3 Å². The molecule has 3 aromatic rings. The molecule has 1 atom stereocenters. The maximum absolute atomic E-state index is 13.0. The van der Waals surface area contributed by atoms with E-state index in [1.165, 1.54) is 17.3 Å². The predicted molar refractivity (Wildman–Crippen MR) is 129 cm³/mol. The van der Waals surface area contributed by atoms with Crippen LogP contribution in [-0.2, 0) is 9.53 Å². The van der Waals surface area contributed by atoms with Gasteiger partial charge >= 0.3 is 0 Å². The zero-order valence-electron chi connectivity index (χ0n) is 19.0. The van der Waals surface area contributed by atoms with Gasteiger partial charge in [-0.15, -0.1) is 10.2 Å². The average Bonchev–Trinajstić information content (AvgIpc) is 3.20. The normalized spacial score (nSPS) is 14.9. The molecule has 1 unspecified atom stereocenters. The highest BCUT2D eigenvalue weighted by Gasteiger charge is 2.25. The zero-order valence-corrected chi connectivity index (χ0v) is 19.8. The second kappa shape index (κ2) is 9.75. The van der Waals surface area contributed by atoms with Crippen LogP contribution in [0.2, 0.25) is 0 Å². The number of carbonyl (C=O) groups excluding carboxylic acids is 1. The number of anilines is 2. The first kappa shape index (κ1) is 22.4. The summed E-state index contributed by atoms with van der Waals surface area (Å²) < 4.78 is 7.54. The van der Waals surface area contributed by atoms with Gasteiger partial charge in [-0.2, -0.15) is 0 Å². The van der Waals surface area contributed by atoms with Gasteiger partial charge in [0, 0.05) is 18.8 Å². The Bertz CT molecular complexity index is 1090. The van der Waals surface area contributed by atoms with Crippen molar-refractivity contribution in [3.8, 4) is 5.69 Å². The molecule has 1 fully saturated rings. The number of amides is 1. The number of hydrogen-bond donors (Lipinski definition) is 1. The van der Waals surface area contributed by atoms with Gasteiger partial charge in [-0.05, 0) is 57.0 Å². The molecule has 0 bridgehead atoms. The van der Waals surface area contributed by atoms with Crippen molar-refractivity contribution in [1.29, 1.82) is 0 Å². The third kappa shape index (κ3) is 4.97. The summed E-state index contributed by atoms with van der Waals surface area (Å²) in [6.45, 7) is 10.8. The third-order valence-corrected chi connectivity index (χ3v) is 6.55. The minimum atomic E-state index is -0.346. The molecule has 1 aliphatic rings. The van der Waals surface area contributed by atoms with Gasteiger partial charge in [0.2, 0.25) is 11.9 Å². The van der Waals surface area contributed by atoms with E-state index in [0.717, 1.165) is 41.5 Å². The number of rotatable bonds is 6. The molecule has 1 saturated heterocycles. The number of aryl methyl sites for hydroxylation is 3. The first-order chi connectivity index (χ1) is 15.4. The number of ether oxygens (including phenoxy) is 1. The van der Waals surface area contributed by atoms with Crippen LogP contribution in [0, 0.1) is 20.8 Å². The fraction of sp³-hybridized carbons (Fsp3) is 0.375. The number of morpholine rings is 1. The minimum absolute atomic E-state index is 0.0601. The summed E-state index contributed by atoms with van der Waals surface area (Å²) in [5.41, 5.74) is 5.16. The molecule has 7 nitrogen and oxygen atoms in total. The molecule has 168 valence electrons. The standard InChI is InChI=1S/C24H29N5O2S/c1-16-6-9-20(10-7-16)29-23(28-11-13-31-14-12-28)26-27-24(29)32-19(4)22(30)25-21-15-17(2)5-8-18(21)3/h5-10,15,19H,11-14H2,1-4H3,(H,25,30). The number of thioether (sulfide) groups is 1. The van der Waals surface area contributed by atoms with E-state index in [1.54, 1.807) is 0 Å². The Labute approximate surface area is 193 Å². The Morgan fingerprint density at radius 2 is 1.72 bits per heavy atom. The molecule has 0 radical (unpaired) electrons. The summed E-state index contributed by atoms with van der Waals surface area (Å²) in [7, 11) is 0. The van der Waals surface area contributed by atoms with Crippen molar-refractivity contribution in [3.63, 3.8) is 0 Å². The number of aromatic nitrogens is 3. The lowest BCUT2D eigenvalue weighted by Crippen LogP contribution is -2.38. The Kier molecular flexibility index (Phi) is 6.81. The summed E-state index contributed by atoms with van der Waals surface area (Å²) in [6, 6.07) is 14.3. The quantitative estimate of drug-likeness (QED) is 0.568. The maximum atomic E-state index is 13.0. The van der Waals surface area contributed by atoms with Gasteiger partial charge in [-0.25, -0.2) is 0 Å². The number of nitrogens with zero attached hydrogens (tertiary/aromatic N) is 4. The van der Waals surface area contributed by atoms with Gasteiger partial charge in [0.05, 0.1) is 24.2 Å². The average molecular weight is 452 g/mol. The SMILES string of the molecule is Cc1ccc(-n2c(SC(C)C(=O)Nc3cc(C)ccc3C)nnc2N2CCOCC2)cc1. The first-order valence-electron chi connectivity index (χ1n) is 10.8. The second-order valence-corrected chi connectivity index (χ2v) is 9.43. The highest BCUT2D eigenvalue weighted by molar-refractivity contribution is 8.00. The Balaban J connectivity index is 1.59. The maximum Gasteiger partial charge on any atom is 0.237 e. The highest BCUT2D eigenvalue weighted by atomic mass is 32.2. The summed E-state index contributed by atoms with van der Waals surface area (Å²) in [5, 5.41) is 12.4. The van der Waals surface area contributed by atoms with Gasteiger partial charge in [-0.3, -0.25) is 9.36 Å². The molecular weight excluding hydrogens is 422 g/mol. The minimum Gasteiger partial charge on any atom is -0.378 e. The van der Waals surface area contributed by atoms with Gasteiger partial charge in [0.15, 0.2) is 5.16 Å². The third-order valence-electron chi connectivity index (χ3n) is 5.50. The molecule has 32 heavy (non-hydrogen) atoms. The predicted octanol–water partition coefficient (Wildman–Crippen LogP) is 4.15. The van der Waals surface area contributed by atoms with Gasteiger partial charge in [0.1, 0.15) is 0 Å². The molecule has 0 saturated carbocycles. The van der Waals surface area contributed by atoms with Crippen LogP contribution in [0.3, 0.4) is 0 Å². The summed E-state index contributed by atoms with van der Waals surface area (Å²) in [5.74, 6) is 0.719. The van der Waals surface area contributed by atoms with Crippen LogP contribution < -0.4 is 10.2 Å². The van der Waals surface area contributed by atoms with E-state index in [4.69, 9.17) is 4.74 Å². The first-order valence-corrected chi connectivity index (χ1v) is 11.7. The summed E-state index contributed by atoms with van der Waals surface area (Å²) >= 11 is 1.41. The van der Waals surface area contributed by atoms with Crippen LogP contribution in [0.25, 0.3) is 5.69 Å². The largest absolute Gasteiger partial charge is 0.378 e. The second-order valence-electron chi connectivity index (χ2n) is 8.12. The fourth-order valence-corrected chi connectivity index (χ4v) is 4.41. The lowest BCUT2D eigenvalue weighted by Gasteiger charge is -2.28. The van der Waals surface area contributed by atoms with Gasteiger partial charge in [-0.1, -0.05) is 41.6 Å². The molecule has 1 aromatic heterocycles. The van der Waals surface area contributed by atoms with E-state index in [1.807, 2.05) is 43.5 Å². The van der Waals surface area contributed by atoms with Crippen LogP contribution in [0.5, 0.6) is 0 Å².